The van der Waals surface area contributed by atoms with Crippen LogP contribution in [0.15, 0.2) is 121 Å². The van der Waals surface area contributed by atoms with E-state index >= 15 is 0 Å². The van der Waals surface area contributed by atoms with Crippen LogP contribution in [-0.2, 0) is 11.2 Å². The topological polar surface area (TPSA) is 23.1 Å². The zero-order valence-corrected chi connectivity index (χ0v) is 16.3. The van der Waals surface area contributed by atoms with Crippen LogP contribution in [0.1, 0.15) is 32.8 Å². The van der Waals surface area contributed by atoms with Crippen LogP contribution >= 0.6 is 0 Å². The molecule has 0 saturated carbocycles. The molecule has 0 aliphatic rings. The lowest BCUT2D eigenvalue weighted by Gasteiger charge is -2.29. The first kappa shape index (κ1) is 18.5. The van der Waals surface area contributed by atoms with E-state index in [2.05, 4.69) is 48.5 Å². The molecule has 0 atom stereocenters. The summed E-state index contributed by atoms with van der Waals surface area (Å²) in [7, 11) is 0. The van der Waals surface area contributed by atoms with E-state index in [9.17, 15) is 4.55 Å². The molecule has 0 radical (unpaired) electrons. The molecule has 0 bridgehead atoms. The highest BCUT2D eigenvalue weighted by Crippen LogP contribution is 2.41. The van der Waals surface area contributed by atoms with Crippen molar-refractivity contribution in [2.24, 2.45) is 0 Å². The SMILES string of the molecule is [O-][S+](C(c1ccccc1)c1ccccc1)C(c1ccccc1)c1ccccc1. The standard InChI is InChI=1S/C26H22OS/c27-28(25(21-13-5-1-6-14-21)22-15-7-2-8-16-22)26(23-17-9-3-10-18-23)24-19-11-4-12-20-24/h1-20,25-26H. The summed E-state index contributed by atoms with van der Waals surface area (Å²) in [5.41, 5.74) is 4.29. The third kappa shape index (κ3) is 4.04. The molecular weight excluding hydrogens is 360 g/mol. The monoisotopic (exact) mass is 382 g/mol. The Morgan fingerprint density at radius 1 is 0.393 bits per heavy atom. The highest BCUT2D eigenvalue weighted by Gasteiger charge is 2.35. The molecule has 0 aliphatic carbocycles. The zero-order valence-electron chi connectivity index (χ0n) is 15.5. The summed E-state index contributed by atoms with van der Waals surface area (Å²) in [5, 5.41) is -0.402. The molecule has 0 unspecified atom stereocenters. The average Bonchev–Trinajstić information content (AvgIpc) is 2.77. The molecule has 0 N–H and O–H groups in total. The lowest BCUT2D eigenvalue weighted by atomic mass is 10.0. The maximum absolute atomic E-state index is 14.2. The van der Waals surface area contributed by atoms with Crippen molar-refractivity contribution >= 4 is 11.2 Å². The molecule has 4 aromatic rings. The van der Waals surface area contributed by atoms with Crippen molar-refractivity contribution < 1.29 is 4.55 Å². The van der Waals surface area contributed by atoms with Gasteiger partial charge in [-0.1, -0.05) is 121 Å². The largest absolute Gasteiger partial charge is 0.615 e. The lowest BCUT2D eigenvalue weighted by Crippen LogP contribution is -2.23. The predicted octanol–water partition coefficient (Wildman–Crippen LogP) is 6.31. The average molecular weight is 383 g/mol. The fourth-order valence-corrected chi connectivity index (χ4v) is 5.54. The van der Waals surface area contributed by atoms with Crippen LogP contribution < -0.4 is 0 Å². The lowest BCUT2D eigenvalue weighted by molar-refractivity contribution is 0.581. The van der Waals surface area contributed by atoms with Crippen molar-refractivity contribution in [1.29, 1.82) is 0 Å². The second-order valence-electron chi connectivity index (χ2n) is 6.73. The summed E-state index contributed by atoms with van der Waals surface area (Å²) >= 11 is -1.20. The molecule has 0 fully saturated rings. The van der Waals surface area contributed by atoms with E-state index in [1.807, 2.05) is 72.8 Å². The quantitative estimate of drug-likeness (QED) is 0.358. The first-order valence-corrected chi connectivity index (χ1v) is 10.7. The van der Waals surface area contributed by atoms with Gasteiger partial charge in [-0.15, -0.1) is 0 Å². The number of hydrogen-bond acceptors (Lipinski definition) is 1. The van der Waals surface area contributed by atoms with Crippen molar-refractivity contribution in [2.75, 3.05) is 0 Å². The molecule has 0 aromatic heterocycles. The first-order chi connectivity index (χ1) is 13.8. The fourth-order valence-electron chi connectivity index (χ4n) is 3.57. The first-order valence-electron chi connectivity index (χ1n) is 9.44. The third-order valence-electron chi connectivity index (χ3n) is 4.87. The molecular formula is C26H22OS. The summed E-state index contributed by atoms with van der Waals surface area (Å²) in [4.78, 5) is 0. The van der Waals surface area contributed by atoms with Crippen LogP contribution in [0.5, 0.6) is 0 Å². The molecule has 4 aromatic carbocycles. The van der Waals surface area contributed by atoms with Gasteiger partial charge in [-0.3, -0.25) is 0 Å². The van der Waals surface area contributed by atoms with Gasteiger partial charge in [0.15, 0.2) is 10.5 Å². The Kier molecular flexibility index (Phi) is 5.91. The van der Waals surface area contributed by atoms with Gasteiger partial charge in [-0.2, -0.15) is 0 Å². The molecule has 138 valence electrons. The summed E-state index contributed by atoms with van der Waals surface area (Å²) in [6, 6.07) is 40.7. The Bertz CT molecular complexity index is 810. The maximum Gasteiger partial charge on any atom is 0.166 e. The van der Waals surface area contributed by atoms with Crippen LogP contribution in [0, 0.1) is 0 Å². The third-order valence-corrected chi connectivity index (χ3v) is 6.89. The highest BCUT2D eigenvalue weighted by atomic mass is 32.2. The molecule has 28 heavy (non-hydrogen) atoms. The van der Waals surface area contributed by atoms with E-state index in [4.69, 9.17) is 0 Å². The van der Waals surface area contributed by atoms with Gasteiger partial charge in [0.05, 0.1) is 0 Å². The Hall–Kier alpha value is -2.81. The van der Waals surface area contributed by atoms with Gasteiger partial charge in [-0.05, 0) is 11.2 Å². The smallest absolute Gasteiger partial charge is 0.166 e. The van der Waals surface area contributed by atoms with Gasteiger partial charge < -0.3 is 4.55 Å². The predicted molar refractivity (Wildman–Crippen MR) is 118 cm³/mol. The van der Waals surface area contributed by atoms with Crippen LogP contribution in [-0.4, -0.2) is 4.55 Å². The van der Waals surface area contributed by atoms with Crippen molar-refractivity contribution in [3.8, 4) is 0 Å². The van der Waals surface area contributed by atoms with E-state index in [0.29, 0.717) is 0 Å². The summed E-state index contributed by atoms with van der Waals surface area (Å²) in [6.45, 7) is 0. The van der Waals surface area contributed by atoms with Gasteiger partial charge in [0, 0.05) is 22.3 Å². The van der Waals surface area contributed by atoms with Crippen LogP contribution in [0.25, 0.3) is 0 Å². The number of benzene rings is 4. The molecule has 2 heteroatoms. The Balaban J connectivity index is 1.84. The van der Waals surface area contributed by atoms with E-state index in [0.717, 1.165) is 22.3 Å². The molecule has 0 aliphatic heterocycles. The molecule has 0 spiro atoms. The van der Waals surface area contributed by atoms with Gasteiger partial charge in [-0.25, -0.2) is 0 Å². The van der Waals surface area contributed by atoms with E-state index < -0.39 is 11.2 Å². The van der Waals surface area contributed by atoms with Crippen LogP contribution in [0.2, 0.25) is 0 Å². The number of rotatable bonds is 6. The summed E-state index contributed by atoms with van der Waals surface area (Å²) in [6.07, 6.45) is 0. The van der Waals surface area contributed by atoms with Crippen LogP contribution in [0.4, 0.5) is 0 Å². The Morgan fingerprint density at radius 3 is 0.821 bits per heavy atom. The minimum atomic E-state index is -1.20. The van der Waals surface area contributed by atoms with E-state index in [1.54, 1.807) is 0 Å². The molecule has 4 rings (SSSR count). The minimum Gasteiger partial charge on any atom is -0.615 e. The van der Waals surface area contributed by atoms with Crippen LogP contribution in [0.3, 0.4) is 0 Å². The number of hydrogen-bond donors (Lipinski definition) is 0. The highest BCUT2D eigenvalue weighted by molar-refractivity contribution is 7.92. The van der Waals surface area contributed by atoms with E-state index in [-0.39, 0.29) is 10.5 Å². The fraction of sp³-hybridized carbons (Fsp3) is 0.0769. The van der Waals surface area contributed by atoms with Crippen molar-refractivity contribution in [3.63, 3.8) is 0 Å². The molecule has 0 heterocycles. The molecule has 0 amide bonds. The normalized spacial score (nSPS) is 11.3. The van der Waals surface area contributed by atoms with E-state index in [1.165, 1.54) is 0 Å². The van der Waals surface area contributed by atoms with Crippen molar-refractivity contribution in [3.05, 3.63) is 144 Å². The second kappa shape index (κ2) is 8.92. The molecule has 1 nitrogen and oxygen atoms in total. The molecule has 0 saturated heterocycles. The van der Waals surface area contributed by atoms with Gasteiger partial charge in [0.2, 0.25) is 0 Å². The Morgan fingerprint density at radius 2 is 0.607 bits per heavy atom. The maximum atomic E-state index is 14.2. The zero-order chi connectivity index (χ0) is 19.2. The van der Waals surface area contributed by atoms with Crippen molar-refractivity contribution in [1.82, 2.24) is 0 Å². The Labute approximate surface area is 169 Å². The van der Waals surface area contributed by atoms with Gasteiger partial charge in [0.25, 0.3) is 0 Å². The summed E-state index contributed by atoms with van der Waals surface area (Å²) in [5.74, 6) is 0. The second-order valence-corrected chi connectivity index (χ2v) is 8.33. The minimum absolute atomic E-state index is 0.201. The van der Waals surface area contributed by atoms with Gasteiger partial charge in [0.1, 0.15) is 0 Å². The summed E-state index contributed by atoms with van der Waals surface area (Å²) < 4.78 is 14.2. The van der Waals surface area contributed by atoms with Crippen molar-refractivity contribution in [2.45, 2.75) is 10.5 Å². The van der Waals surface area contributed by atoms with Gasteiger partial charge >= 0.3 is 0 Å².